The van der Waals surface area contributed by atoms with E-state index >= 15 is 0 Å². The molecular formula is C23H27N5O2S. The van der Waals surface area contributed by atoms with Crippen LogP contribution in [0, 0.1) is 0 Å². The number of fused-ring (bicyclic) bond motifs is 3. The lowest BCUT2D eigenvalue weighted by molar-refractivity contribution is 0.284. The van der Waals surface area contributed by atoms with E-state index in [-0.39, 0.29) is 4.90 Å². The van der Waals surface area contributed by atoms with E-state index < -0.39 is 10.0 Å². The first-order chi connectivity index (χ1) is 14.9. The Morgan fingerprint density at radius 1 is 1.03 bits per heavy atom. The molecule has 0 spiro atoms. The summed E-state index contributed by atoms with van der Waals surface area (Å²) < 4.78 is 29.9. The van der Waals surface area contributed by atoms with E-state index in [0.29, 0.717) is 23.8 Å². The monoisotopic (exact) mass is 437 g/mol. The van der Waals surface area contributed by atoms with Crippen molar-refractivity contribution >= 4 is 32.1 Å². The molecule has 3 heterocycles. The van der Waals surface area contributed by atoms with Gasteiger partial charge in [-0.3, -0.25) is 0 Å². The third-order valence-electron chi connectivity index (χ3n) is 6.17. The highest BCUT2D eigenvalue weighted by atomic mass is 32.2. The summed E-state index contributed by atoms with van der Waals surface area (Å²) in [6.07, 6.45) is 9.55. The minimum atomic E-state index is -3.71. The first-order valence-corrected chi connectivity index (χ1v) is 12.3. The zero-order valence-electron chi connectivity index (χ0n) is 17.8. The summed E-state index contributed by atoms with van der Waals surface area (Å²) in [6.45, 7) is 4.38. The maximum Gasteiger partial charge on any atom is 0.269 e. The number of hydrogen-bond acceptors (Lipinski definition) is 5. The summed E-state index contributed by atoms with van der Waals surface area (Å²) in [5, 5.41) is 4.46. The van der Waals surface area contributed by atoms with Gasteiger partial charge in [-0.15, -0.1) is 0 Å². The van der Waals surface area contributed by atoms with Gasteiger partial charge in [-0.05, 0) is 43.9 Å². The second-order valence-electron chi connectivity index (χ2n) is 8.64. The summed E-state index contributed by atoms with van der Waals surface area (Å²) in [7, 11) is -3.71. The van der Waals surface area contributed by atoms with Crippen LogP contribution in [0.3, 0.4) is 0 Å². The van der Waals surface area contributed by atoms with Crippen LogP contribution in [-0.4, -0.2) is 39.0 Å². The molecule has 1 fully saturated rings. The van der Waals surface area contributed by atoms with Gasteiger partial charge in [0.15, 0.2) is 5.65 Å². The van der Waals surface area contributed by atoms with Gasteiger partial charge in [0.1, 0.15) is 5.52 Å². The molecule has 7 nitrogen and oxygen atoms in total. The van der Waals surface area contributed by atoms with Crippen molar-refractivity contribution in [2.75, 3.05) is 0 Å². The van der Waals surface area contributed by atoms with E-state index in [2.05, 4.69) is 33.7 Å². The van der Waals surface area contributed by atoms with E-state index in [4.69, 9.17) is 0 Å². The lowest BCUT2D eigenvalue weighted by atomic mass is 9.90. The van der Waals surface area contributed by atoms with Crippen molar-refractivity contribution in [1.82, 2.24) is 23.8 Å². The normalized spacial score (nSPS) is 20.1. The Bertz CT molecular complexity index is 1320. The average molecular weight is 438 g/mol. The minimum Gasteiger partial charge on any atom is -0.327 e. The molecule has 1 N–H and O–H groups in total. The molecule has 0 radical (unpaired) electrons. The number of nitrogens with zero attached hydrogens (tertiary/aromatic N) is 4. The predicted molar refractivity (Wildman–Crippen MR) is 122 cm³/mol. The van der Waals surface area contributed by atoms with Gasteiger partial charge in [0.25, 0.3) is 10.0 Å². The Kier molecular flexibility index (Phi) is 5.06. The number of imidazole rings is 1. The summed E-state index contributed by atoms with van der Waals surface area (Å²) in [6, 6.07) is 11.7. The smallest absolute Gasteiger partial charge is 0.269 e. The van der Waals surface area contributed by atoms with Crippen LogP contribution >= 0.6 is 0 Å². The van der Waals surface area contributed by atoms with Crippen LogP contribution in [0.2, 0.25) is 0 Å². The van der Waals surface area contributed by atoms with Crippen LogP contribution in [0.4, 0.5) is 0 Å². The van der Waals surface area contributed by atoms with Crippen LogP contribution in [0.1, 0.15) is 45.6 Å². The fraction of sp³-hybridized carbons (Fsp3) is 0.391. The summed E-state index contributed by atoms with van der Waals surface area (Å²) in [4.78, 5) is 9.28. The second kappa shape index (κ2) is 7.76. The summed E-state index contributed by atoms with van der Waals surface area (Å²) in [5.41, 5.74) is 2.20. The molecular weight excluding hydrogens is 410 g/mol. The van der Waals surface area contributed by atoms with Gasteiger partial charge >= 0.3 is 0 Å². The Morgan fingerprint density at radius 2 is 1.77 bits per heavy atom. The molecule has 1 aromatic carbocycles. The topological polar surface area (TPSA) is 81.8 Å². The molecule has 4 aromatic rings. The van der Waals surface area contributed by atoms with Crippen molar-refractivity contribution < 1.29 is 8.42 Å². The van der Waals surface area contributed by atoms with E-state index in [1.54, 1.807) is 42.7 Å². The van der Waals surface area contributed by atoms with Crippen molar-refractivity contribution in [3.05, 3.63) is 55.1 Å². The molecule has 0 bridgehead atoms. The molecule has 3 aromatic heterocycles. The first kappa shape index (κ1) is 20.2. The zero-order chi connectivity index (χ0) is 21.6. The molecule has 0 amide bonds. The fourth-order valence-corrected chi connectivity index (χ4v) is 6.08. The van der Waals surface area contributed by atoms with Crippen LogP contribution in [0.5, 0.6) is 0 Å². The molecule has 5 rings (SSSR count). The van der Waals surface area contributed by atoms with E-state index in [1.807, 2.05) is 12.4 Å². The Hall–Kier alpha value is -2.71. The van der Waals surface area contributed by atoms with Gasteiger partial charge in [0.05, 0.1) is 22.9 Å². The van der Waals surface area contributed by atoms with Crippen LogP contribution < -0.4 is 5.32 Å². The van der Waals surface area contributed by atoms with Gasteiger partial charge in [-0.25, -0.2) is 22.4 Å². The van der Waals surface area contributed by atoms with Crippen molar-refractivity contribution in [2.45, 2.75) is 62.6 Å². The van der Waals surface area contributed by atoms with E-state index in [1.165, 1.54) is 3.97 Å². The average Bonchev–Trinajstić information content (AvgIpc) is 3.39. The van der Waals surface area contributed by atoms with Crippen molar-refractivity contribution in [2.24, 2.45) is 0 Å². The molecule has 1 saturated carbocycles. The maximum atomic E-state index is 13.2. The Labute approximate surface area is 182 Å². The lowest BCUT2D eigenvalue weighted by Gasteiger charge is -2.31. The molecule has 0 unspecified atom stereocenters. The van der Waals surface area contributed by atoms with Crippen LogP contribution in [0.25, 0.3) is 22.1 Å². The SMILES string of the molecule is CC(C)NC1CCC(n2cnc3cnc4c(ccn4S(=O)(=O)c4ccccc4)c32)CC1. The quantitative estimate of drug-likeness (QED) is 0.508. The highest BCUT2D eigenvalue weighted by molar-refractivity contribution is 7.90. The van der Waals surface area contributed by atoms with Crippen LogP contribution in [-0.2, 0) is 10.0 Å². The lowest BCUT2D eigenvalue weighted by Crippen LogP contribution is -2.37. The number of nitrogens with one attached hydrogen (secondary N) is 1. The van der Waals surface area contributed by atoms with Gasteiger partial charge in [-0.2, -0.15) is 0 Å². The summed E-state index contributed by atoms with van der Waals surface area (Å²) in [5.74, 6) is 0. The molecule has 0 aliphatic heterocycles. The predicted octanol–water partition coefficient (Wildman–Crippen LogP) is 4.10. The zero-order valence-corrected chi connectivity index (χ0v) is 18.6. The highest BCUT2D eigenvalue weighted by Gasteiger charge is 2.26. The van der Waals surface area contributed by atoms with Gasteiger partial charge in [-0.1, -0.05) is 32.0 Å². The number of aromatic nitrogens is 4. The standard InChI is InChI=1S/C23H27N5O2S/c1-16(2)26-17-8-10-18(11-9-17)27-15-25-21-14-24-23-20(22(21)27)12-13-28(23)31(29,30)19-6-4-3-5-7-19/h3-7,12-18,26H,8-11H2,1-2H3. The third kappa shape index (κ3) is 3.53. The van der Waals surface area contributed by atoms with Gasteiger partial charge in [0.2, 0.25) is 0 Å². The number of hydrogen-bond donors (Lipinski definition) is 1. The second-order valence-corrected chi connectivity index (χ2v) is 10.5. The molecule has 0 saturated heterocycles. The minimum absolute atomic E-state index is 0.249. The Balaban J connectivity index is 1.54. The molecule has 8 heteroatoms. The van der Waals surface area contributed by atoms with Gasteiger partial charge in [0, 0.05) is 29.7 Å². The van der Waals surface area contributed by atoms with E-state index in [9.17, 15) is 8.42 Å². The molecule has 1 aliphatic rings. The molecule has 0 atom stereocenters. The highest BCUT2D eigenvalue weighted by Crippen LogP contribution is 2.34. The Morgan fingerprint density at radius 3 is 2.48 bits per heavy atom. The molecule has 1 aliphatic carbocycles. The van der Waals surface area contributed by atoms with Crippen molar-refractivity contribution in [1.29, 1.82) is 0 Å². The summed E-state index contributed by atoms with van der Waals surface area (Å²) >= 11 is 0. The number of benzene rings is 1. The van der Waals surface area contributed by atoms with Gasteiger partial charge < -0.3 is 9.88 Å². The van der Waals surface area contributed by atoms with E-state index in [0.717, 1.165) is 42.1 Å². The van der Waals surface area contributed by atoms with Crippen molar-refractivity contribution in [3.63, 3.8) is 0 Å². The van der Waals surface area contributed by atoms with Crippen molar-refractivity contribution in [3.8, 4) is 0 Å². The molecule has 162 valence electrons. The third-order valence-corrected chi connectivity index (χ3v) is 7.85. The maximum absolute atomic E-state index is 13.2. The number of pyridine rings is 1. The fourth-order valence-electron chi connectivity index (χ4n) is 4.76. The number of rotatable bonds is 5. The first-order valence-electron chi connectivity index (χ1n) is 10.8. The molecule has 31 heavy (non-hydrogen) atoms. The largest absolute Gasteiger partial charge is 0.327 e. The van der Waals surface area contributed by atoms with Crippen LogP contribution in [0.15, 0.2) is 60.0 Å².